The Labute approximate surface area is 309 Å². The van der Waals surface area contributed by atoms with Crippen LogP contribution >= 0.6 is 35.0 Å². The first-order valence-electron chi connectivity index (χ1n) is 16.9. The van der Waals surface area contributed by atoms with Gasteiger partial charge in [0.2, 0.25) is 0 Å². The van der Waals surface area contributed by atoms with E-state index in [0.29, 0.717) is 30.3 Å². The third-order valence-corrected chi connectivity index (χ3v) is 11.6. The van der Waals surface area contributed by atoms with Crippen LogP contribution in [-0.4, -0.2) is 51.7 Å². The molecule has 7 nitrogen and oxygen atoms in total. The summed E-state index contributed by atoms with van der Waals surface area (Å²) >= 11 is 15.2. The van der Waals surface area contributed by atoms with Crippen LogP contribution in [0.25, 0.3) is 32.9 Å². The minimum Gasteiger partial charge on any atom is -0.494 e. The summed E-state index contributed by atoms with van der Waals surface area (Å²) in [5.41, 5.74) is 10.8. The molecule has 262 valence electrons. The van der Waals surface area contributed by atoms with Crippen molar-refractivity contribution in [2.45, 2.75) is 58.4 Å². The van der Waals surface area contributed by atoms with Gasteiger partial charge in [0.25, 0.3) is 0 Å². The van der Waals surface area contributed by atoms with Gasteiger partial charge in [-0.25, -0.2) is 0 Å². The molecule has 1 atom stereocenters. The summed E-state index contributed by atoms with van der Waals surface area (Å²) in [6, 6.07) is 14.5. The zero-order valence-electron chi connectivity index (χ0n) is 30.3. The van der Waals surface area contributed by atoms with Gasteiger partial charge in [0, 0.05) is 77.4 Å². The second kappa shape index (κ2) is 14.4. The van der Waals surface area contributed by atoms with E-state index < -0.39 is 0 Å². The first-order chi connectivity index (χ1) is 23.9. The van der Waals surface area contributed by atoms with Gasteiger partial charge in [-0.3, -0.25) is 9.48 Å². The molecule has 6 rings (SSSR count). The van der Waals surface area contributed by atoms with E-state index in [2.05, 4.69) is 78.7 Å². The molecule has 0 aliphatic rings. The van der Waals surface area contributed by atoms with Crippen LogP contribution in [0.5, 0.6) is 5.75 Å². The zero-order chi connectivity index (χ0) is 36.0. The molecule has 0 unspecified atom stereocenters. The molecule has 3 aromatic carbocycles. The number of benzene rings is 3. The number of rotatable bonds is 12. The lowest BCUT2D eigenvalue weighted by Gasteiger charge is -2.26. The standard InChI is InChI=1S/C40H45Cl2N5O2S/c1-23-17-28(18-24(2)39(23)42)49-16-10-11-30-31-14-15-33(41)38(37-26(4)43-46(8)27(37)5)40(31)47(36(30)22-48)25(3)20-44(6)35-21-45(7)34-19-29(50-9)12-13-32(34)35/h12-15,17-19,21-22,25H,10-11,16,20H2,1-9H3/t25-/m1/s1. The first kappa shape index (κ1) is 36.0. The Morgan fingerprint density at radius 3 is 2.34 bits per heavy atom. The Morgan fingerprint density at radius 1 is 1.00 bits per heavy atom. The van der Waals surface area contributed by atoms with E-state index in [4.69, 9.17) is 33.0 Å². The van der Waals surface area contributed by atoms with E-state index in [9.17, 15) is 4.79 Å². The van der Waals surface area contributed by atoms with E-state index in [1.807, 2.05) is 50.7 Å². The third kappa shape index (κ3) is 6.42. The molecule has 0 saturated heterocycles. The Kier molecular flexibility index (Phi) is 10.4. The smallest absolute Gasteiger partial charge is 0.166 e. The third-order valence-electron chi connectivity index (χ3n) is 9.95. The molecular weight excluding hydrogens is 685 g/mol. The van der Waals surface area contributed by atoms with Gasteiger partial charge in [-0.05, 0) is 107 Å². The average molecular weight is 731 g/mol. The maximum atomic E-state index is 13.2. The quantitative estimate of drug-likeness (QED) is 0.0713. The fourth-order valence-electron chi connectivity index (χ4n) is 7.46. The molecule has 0 radical (unpaired) electrons. The van der Waals surface area contributed by atoms with Gasteiger partial charge in [0.15, 0.2) is 6.29 Å². The van der Waals surface area contributed by atoms with Gasteiger partial charge in [-0.2, -0.15) is 5.10 Å². The number of likely N-dealkylation sites (N-methyl/N-ethyl adjacent to an activating group) is 1. The molecule has 0 aliphatic heterocycles. The highest BCUT2D eigenvalue weighted by Gasteiger charge is 2.28. The number of ether oxygens (including phenoxy) is 1. The maximum absolute atomic E-state index is 13.2. The number of aldehydes is 1. The summed E-state index contributed by atoms with van der Waals surface area (Å²) < 4.78 is 12.5. The molecule has 0 spiro atoms. The number of thioether (sulfide) groups is 1. The van der Waals surface area contributed by atoms with Gasteiger partial charge in [-0.15, -0.1) is 11.8 Å². The second-order valence-corrected chi connectivity index (χ2v) is 15.1. The fraction of sp³-hybridized carbons (Fsp3) is 0.350. The highest BCUT2D eigenvalue weighted by Crippen LogP contribution is 2.43. The number of hydrogen-bond donors (Lipinski definition) is 0. The summed E-state index contributed by atoms with van der Waals surface area (Å²) in [6.07, 6.45) is 6.70. The number of carbonyl (C=O) groups excluding carboxylic acids is 1. The molecule has 0 amide bonds. The van der Waals surface area contributed by atoms with Crippen LogP contribution in [-0.2, 0) is 20.5 Å². The largest absolute Gasteiger partial charge is 0.494 e. The maximum Gasteiger partial charge on any atom is 0.166 e. The molecular formula is C40H45Cl2N5O2S. The lowest BCUT2D eigenvalue weighted by Crippen LogP contribution is -2.27. The van der Waals surface area contributed by atoms with Crippen LogP contribution in [0, 0.1) is 27.7 Å². The summed E-state index contributed by atoms with van der Waals surface area (Å²) in [6.45, 7) is 11.4. The molecule has 50 heavy (non-hydrogen) atoms. The summed E-state index contributed by atoms with van der Waals surface area (Å²) in [7, 11) is 6.17. The van der Waals surface area contributed by atoms with E-state index in [-0.39, 0.29) is 6.04 Å². The number of halogens is 2. The second-order valence-electron chi connectivity index (χ2n) is 13.4. The molecule has 0 fully saturated rings. The molecule has 6 aromatic rings. The van der Waals surface area contributed by atoms with Crippen molar-refractivity contribution in [3.63, 3.8) is 0 Å². The summed E-state index contributed by atoms with van der Waals surface area (Å²) in [5, 5.41) is 8.36. The van der Waals surface area contributed by atoms with Crippen LogP contribution in [0.2, 0.25) is 10.0 Å². The van der Waals surface area contributed by atoms with Crippen molar-refractivity contribution in [1.29, 1.82) is 0 Å². The predicted molar refractivity (Wildman–Crippen MR) is 211 cm³/mol. The van der Waals surface area contributed by atoms with E-state index in [1.165, 1.54) is 15.8 Å². The van der Waals surface area contributed by atoms with E-state index in [1.54, 1.807) is 11.8 Å². The Morgan fingerprint density at radius 2 is 1.70 bits per heavy atom. The van der Waals surface area contributed by atoms with Gasteiger partial charge in [0.1, 0.15) is 5.75 Å². The van der Waals surface area contributed by atoms with Gasteiger partial charge < -0.3 is 18.8 Å². The van der Waals surface area contributed by atoms with Crippen LogP contribution in [0.15, 0.2) is 53.6 Å². The van der Waals surface area contributed by atoms with Crippen molar-refractivity contribution < 1.29 is 9.53 Å². The highest BCUT2D eigenvalue weighted by molar-refractivity contribution is 7.98. The topological polar surface area (TPSA) is 57.2 Å². The number of aromatic nitrogens is 4. The average Bonchev–Trinajstić information content (AvgIpc) is 3.68. The fourth-order valence-corrected chi connectivity index (χ4v) is 8.25. The van der Waals surface area contributed by atoms with Crippen molar-refractivity contribution in [2.75, 3.05) is 31.4 Å². The van der Waals surface area contributed by atoms with Crippen LogP contribution in [0.4, 0.5) is 5.69 Å². The normalized spacial score (nSPS) is 12.3. The van der Waals surface area contributed by atoms with Crippen molar-refractivity contribution in [2.24, 2.45) is 14.1 Å². The van der Waals surface area contributed by atoms with Crippen molar-refractivity contribution >= 4 is 68.7 Å². The molecule has 3 heterocycles. The summed E-state index contributed by atoms with van der Waals surface area (Å²) in [4.78, 5) is 16.7. The number of fused-ring (bicyclic) bond motifs is 2. The Balaban J connectivity index is 1.42. The van der Waals surface area contributed by atoms with Crippen LogP contribution in [0.1, 0.15) is 58.0 Å². The van der Waals surface area contributed by atoms with Gasteiger partial charge in [0.05, 0.1) is 39.7 Å². The molecule has 3 aromatic heterocycles. The predicted octanol–water partition coefficient (Wildman–Crippen LogP) is 10.3. The molecule has 0 bridgehead atoms. The molecule has 10 heteroatoms. The molecule has 0 N–H and O–H groups in total. The molecule has 0 aliphatic carbocycles. The minimum absolute atomic E-state index is 0.0806. The number of anilines is 1. The monoisotopic (exact) mass is 729 g/mol. The van der Waals surface area contributed by atoms with Gasteiger partial charge in [-0.1, -0.05) is 29.3 Å². The lowest BCUT2D eigenvalue weighted by atomic mass is 9.98. The van der Waals surface area contributed by atoms with Crippen molar-refractivity contribution in [1.82, 2.24) is 18.9 Å². The SMILES string of the molecule is CSc1ccc2c(N(C)C[C@@H](C)n3c(C=O)c(CCCOc4cc(C)c(Cl)c(C)c4)c4ccc(Cl)c(-c5c(C)nn(C)c5C)c43)cn(C)c2c1. The highest BCUT2D eigenvalue weighted by atomic mass is 35.5. The van der Waals surface area contributed by atoms with Crippen LogP contribution < -0.4 is 9.64 Å². The number of nitrogens with zero attached hydrogens (tertiary/aromatic N) is 5. The lowest BCUT2D eigenvalue weighted by molar-refractivity contribution is 0.111. The van der Waals surface area contributed by atoms with E-state index >= 15 is 0 Å². The minimum atomic E-state index is -0.0806. The number of hydrogen-bond acceptors (Lipinski definition) is 5. The summed E-state index contributed by atoms with van der Waals surface area (Å²) in [5.74, 6) is 0.800. The first-order valence-corrected chi connectivity index (χ1v) is 18.9. The van der Waals surface area contributed by atoms with Crippen molar-refractivity contribution in [3.8, 4) is 16.9 Å². The van der Waals surface area contributed by atoms with Crippen molar-refractivity contribution in [3.05, 3.63) is 92.5 Å². The number of aryl methyl sites for hydroxylation is 6. The number of carbonyl (C=O) groups is 1. The zero-order valence-corrected chi connectivity index (χ0v) is 32.6. The van der Waals surface area contributed by atoms with Crippen LogP contribution in [0.3, 0.4) is 0 Å². The molecule has 0 saturated carbocycles. The Bertz CT molecular complexity index is 2230. The van der Waals surface area contributed by atoms with Gasteiger partial charge >= 0.3 is 0 Å². The Hall–Kier alpha value is -3.85. The van der Waals surface area contributed by atoms with E-state index in [0.717, 1.165) is 79.3 Å².